The largest absolute Gasteiger partial charge is 0.376 e. The molecule has 10 aromatic rings. The molecule has 0 saturated carbocycles. The molecule has 4 heteroatoms. The Morgan fingerprint density at radius 1 is 0.438 bits per heavy atom. The van der Waals surface area contributed by atoms with Crippen LogP contribution in [0.1, 0.15) is 130 Å². The molecule has 1 aliphatic carbocycles. The molecule has 73 heavy (non-hydrogen) atoms. The number of allylic oxidation sites excluding steroid dienone is 1. The van der Waals surface area contributed by atoms with Crippen LogP contribution in [-0.4, -0.2) is 15.9 Å². The van der Waals surface area contributed by atoms with Gasteiger partial charge in [-0.15, -0.1) is 0 Å². The highest BCUT2D eigenvalue weighted by Gasteiger charge is 2.54. The van der Waals surface area contributed by atoms with Gasteiger partial charge >= 0.3 is 6.85 Å². The minimum absolute atomic E-state index is 0.0162. The zero-order valence-electron chi connectivity index (χ0n) is 45.4. The normalized spacial score (nSPS) is 15.3. The zero-order chi connectivity index (χ0) is 51.1. The number of nitrogens with zero attached hydrogens (tertiary/aromatic N) is 3. The van der Waals surface area contributed by atoms with Gasteiger partial charge in [-0.25, -0.2) is 0 Å². The van der Waals surface area contributed by atoms with Crippen LogP contribution in [0.4, 0.5) is 11.4 Å². The second kappa shape index (κ2) is 15.0. The summed E-state index contributed by atoms with van der Waals surface area (Å²) in [5.41, 5.74) is 25.7. The van der Waals surface area contributed by atoms with Crippen molar-refractivity contribution in [3.63, 3.8) is 0 Å². The van der Waals surface area contributed by atoms with Crippen molar-refractivity contribution in [1.82, 2.24) is 9.05 Å². The molecule has 3 nitrogen and oxygen atoms in total. The smallest absolute Gasteiger partial charge is 0.329 e. The van der Waals surface area contributed by atoms with Crippen molar-refractivity contribution in [1.29, 1.82) is 0 Å². The molecular weight excluding hydrogens is 882 g/mol. The summed E-state index contributed by atoms with van der Waals surface area (Å²) in [5.74, 6) is 0. The number of para-hydroxylation sites is 2. The lowest BCUT2D eigenvalue weighted by Gasteiger charge is -2.44. The standard InChI is InChI=1S/C69H68BN3/c1-65(2,3)43-27-24-41(25-28-43)42-26-34-54-52(36-42)63-64(69(54,13)14)70-61-53(38-46(68(10,11)12)39-58(61)72(63)48-32-29-44(30-33-48)66(4,5)6)60-59-49-22-18-19-23-55(49)71(47-20-16-15-17-21-47)57(59)40-51-50-37-45(67(7,8)9)31-35-56(50)73(70)62(51)60/h15-40H,1-14H3. The number of rotatable bonds is 3. The van der Waals surface area contributed by atoms with Gasteiger partial charge in [0, 0.05) is 71.9 Å². The Kier molecular flexibility index (Phi) is 9.43. The number of aromatic nitrogens is 2. The molecule has 0 amide bonds. The highest BCUT2D eigenvalue weighted by atomic mass is 15.2. The van der Waals surface area contributed by atoms with Gasteiger partial charge in [-0.05, 0) is 138 Å². The topological polar surface area (TPSA) is 13.1 Å². The first-order chi connectivity index (χ1) is 34.5. The summed E-state index contributed by atoms with van der Waals surface area (Å²) >= 11 is 0. The van der Waals surface area contributed by atoms with Crippen molar-refractivity contribution in [2.75, 3.05) is 4.90 Å². The average Bonchev–Trinajstić information content (AvgIpc) is 3.95. The highest BCUT2D eigenvalue weighted by Crippen LogP contribution is 2.59. The Morgan fingerprint density at radius 2 is 1.04 bits per heavy atom. The molecule has 2 aromatic heterocycles. The predicted octanol–water partition coefficient (Wildman–Crippen LogP) is 17.9. The van der Waals surface area contributed by atoms with Crippen LogP contribution in [0.5, 0.6) is 0 Å². The van der Waals surface area contributed by atoms with E-state index in [1.165, 1.54) is 133 Å². The molecule has 3 aliphatic rings. The molecule has 362 valence electrons. The van der Waals surface area contributed by atoms with Crippen molar-refractivity contribution >= 4 is 73.0 Å². The lowest BCUT2D eigenvalue weighted by molar-refractivity contribution is 0.590. The van der Waals surface area contributed by atoms with Gasteiger partial charge < -0.3 is 13.9 Å². The Bertz CT molecular complexity index is 4000. The maximum atomic E-state index is 2.82. The lowest BCUT2D eigenvalue weighted by Crippen LogP contribution is -2.52. The number of benzene rings is 8. The van der Waals surface area contributed by atoms with E-state index in [0.717, 1.165) is 0 Å². The van der Waals surface area contributed by atoms with E-state index in [-0.39, 0.29) is 33.9 Å². The van der Waals surface area contributed by atoms with Crippen molar-refractivity contribution in [2.24, 2.45) is 0 Å². The summed E-state index contributed by atoms with van der Waals surface area (Å²) < 4.78 is 5.34. The van der Waals surface area contributed by atoms with Crippen LogP contribution in [0.15, 0.2) is 163 Å². The second-order valence-corrected chi connectivity index (χ2v) is 26.3. The maximum Gasteiger partial charge on any atom is 0.329 e. The van der Waals surface area contributed by atoms with Gasteiger partial charge in [0.2, 0.25) is 0 Å². The first-order valence-corrected chi connectivity index (χ1v) is 26.7. The third kappa shape index (κ3) is 6.57. The molecular formula is C69H68BN3. The molecule has 2 aliphatic heterocycles. The third-order valence-electron chi connectivity index (χ3n) is 17.1. The molecule has 0 fully saturated rings. The van der Waals surface area contributed by atoms with Crippen molar-refractivity contribution in [3.05, 3.63) is 197 Å². The molecule has 0 radical (unpaired) electrons. The maximum absolute atomic E-state index is 2.82. The van der Waals surface area contributed by atoms with Crippen molar-refractivity contribution in [3.8, 4) is 27.9 Å². The Labute approximate surface area is 433 Å². The molecule has 0 spiro atoms. The van der Waals surface area contributed by atoms with E-state index in [0.29, 0.717) is 0 Å². The molecule has 13 rings (SSSR count). The number of anilines is 2. The summed E-state index contributed by atoms with van der Waals surface area (Å²) in [4.78, 5) is 2.70. The van der Waals surface area contributed by atoms with Gasteiger partial charge in [0.05, 0.1) is 11.0 Å². The van der Waals surface area contributed by atoms with Gasteiger partial charge in [-0.3, -0.25) is 0 Å². The van der Waals surface area contributed by atoms with Crippen LogP contribution in [0.25, 0.3) is 77.2 Å². The first kappa shape index (κ1) is 45.8. The van der Waals surface area contributed by atoms with Crippen LogP contribution in [0, 0.1) is 0 Å². The van der Waals surface area contributed by atoms with Crippen LogP contribution < -0.4 is 10.4 Å². The number of fused-ring (bicyclic) bond motifs is 12. The Hall–Kier alpha value is -7.04. The SMILES string of the molecule is CC(C)(C)c1ccc(-c2ccc3c(c2)C2=C(B4c5c(cc(C(C)(C)C)cc5N2c2ccc(C(C)(C)C)cc2)-c2c5c6ccccc6n(-c6ccccc6)c5cc5c6cc(C(C)(C)C)ccc6n4c25)C3(C)C)cc1. The average molecular weight is 950 g/mol. The molecule has 4 heterocycles. The minimum atomic E-state index is -0.329. The van der Waals surface area contributed by atoms with E-state index in [1.54, 1.807) is 0 Å². The summed E-state index contributed by atoms with van der Waals surface area (Å²) in [6.07, 6.45) is 0. The predicted molar refractivity (Wildman–Crippen MR) is 315 cm³/mol. The van der Waals surface area contributed by atoms with E-state index in [9.17, 15) is 0 Å². The molecule has 0 unspecified atom stereocenters. The van der Waals surface area contributed by atoms with Crippen LogP contribution in [0.2, 0.25) is 0 Å². The van der Waals surface area contributed by atoms with Gasteiger partial charge in [0.25, 0.3) is 0 Å². The van der Waals surface area contributed by atoms with E-state index < -0.39 is 0 Å². The monoisotopic (exact) mass is 950 g/mol. The number of hydrogen-bond donors (Lipinski definition) is 0. The second-order valence-electron chi connectivity index (χ2n) is 26.3. The fraction of sp³-hybridized carbons (Fsp3) is 0.275. The quantitative estimate of drug-likeness (QED) is 0.161. The van der Waals surface area contributed by atoms with E-state index in [2.05, 4.69) is 269 Å². The summed E-state index contributed by atoms with van der Waals surface area (Å²) in [6.45, 7) is 33.0. The summed E-state index contributed by atoms with van der Waals surface area (Å²) in [7, 11) is 0. The fourth-order valence-corrected chi connectivity index (χ4v) is 13.1. The van der Waals surface area contributed by atoms with Crippen LogP contribution in [0.3, 0.4) is 0 Å². The summed E-state index contributed by atoms with van der Waals surface area (Å²) in [5, 5.41) is 5.22. The van der Waals surface area contributed by atoms with Crippen LogP contribution in [-0.2, 0) is 27.1 Å². The lowest BCUT2D eigenvalue weighted by atomic mass is 9.40. The Balaban J connectivity index is 1.22. The third-order valence-corrected chi connectivity index (χ3v) is 17.1. The van der Waals surface area contributed by atoms with E-state index in [1.807, 2.05) is 0 Å². The molecule has 8 aromatic carbocycles. The van der Waals surface area contributed by atoms with Crippen molar-refractivity contribution in [2.45, 2.75) is 124 Å². The molecule has 0 saturated heterocycles. The van der Waals surface area contributed by atoms with Gasteiger partial charge in [-0.1, -0.05) is 194 Å². The highest BCUT2D eigenvalue weighted by molar-refractivity contribution is 6.86. The van der Waals surface area contributed by atoms with E-state index in [4.69, 9.17) is 0 Å². The summed E-state index contributed by atoms with van der Waals surface area (Å²) in [6, 6.07) is 61.6. The minimum Gasteiger partial charge on any atom is -0.376 e. The van der Waals surface area contributed by atoms with Crippen molar-refractivity contribution < 1.29 is 0 Å². The number of hydrogen-bond acceptors (Lipinski definition) is 1. The fourth-order valence-electron chi connectivity index (χ4n) is 13.1. The Morgan fingerprint density at radius 3 is 1.70 bits per heavy atom. The van der Waals surface area contributed by atoms with Crippen LogP contribution >= 0.6 is 0 Å². The molecule has 0 N–H and O–H groups in total. The first-order valence-electron chi connectivity index (χ1n) is 26.7. The van der Waals surface area contributed by atoms with Gasteiger partial charge in [0.15, 0.2) is 0 Å². The van der Waals surface area contributed by atoms with Gasteiger partial charge in [-0.2, -0.15) is 0 Å². The molecule has 0 bridgehead atoms. The van der Waals surface area contributed by atoms with E-state index >= 15 is 0 Å². The molecule has 0 atom stereocenters. The zero-order valence-corrected chi connectivity index (χ0v) is 45.4. The van der Waals surface area contributed by atoms with Gasteiger partial charge in [0.1, 0.15) is 0 Å².